The first-order chi connectivity index (χ1) is 13.4. The van der Waals surface area contributed by atoms with Crippen LogP contribution in [0.5, 0.6) is 5.75 Å². The van der Waals surface area contributed by atoms with Crippen molar-refractivity contribution in [3.63, 3.8) is 0 Å². The quantitative estimate of drug-likeness (QED) is 0.250. The Morgan fingerprint density at radius 3 is 2.54 bits per heavy atom. The Kier molecular flexibility index (Phi) is 6.85. The maximum absolute atomic E-state index is 12.2. The van der Waals surface area contributed by atoms with Crippen molar-refractivity contribution in [1.29, 1.82) is 0 Å². The second-order valence-corrected chi connectivity index (χ2v) is 8.51. The zero-order valence-corrected chi connectivity index (χ0v) is 19.4. The van der Waals surface area contributed by atoms with Crippen LogP contribution in [0.3, 0.4) is 0 Å². The second-order valence-electron chi connectivity index (χ2n) is 5.88. The fourth-order valence-corrected chi connectivity index (χ4v) is 4.22. The van der Waals surface area contributed by atoms with Gasteiger partial charge in [-0.25, -0.2) is 9.79 Å². The number of rotatable bonds is 5. The number of aliphatic imine (C=N–C) groups is 1. The molecule has 0 fully saturated rings. The average molecular weight is 572 g/mol. The lowest BCUT2D eigenvalue weighted by atomic mass is 10.2. The Morgan fingerprint density at radius 1 is 1.18 bits per heavy atom. The third kappa shape index (κ3) is 4.98. The first-order valence-corrected chi connectivity index (χ1v) is 10.7. The molecule has 1 heterocycles. The predicted molar refractivity (Wildman–Crippen MR) is 117 cm³/mol. The van der Waals surface area contributed by atoms with E-state index in [9.17, 15) is 9.59 Å². The first-order valence-electron chi connectivity index (χ1n) is 8.35. The van der Waals surface area contributed by atoms with Crippen LogP contribution in [0.25, 0.3) is 6.08 Å². The number of hydrogen-bond donors (Lipinski definition) is 0. The molecular formula is C20H14Br3NO4. The highest BCUT2D eigenvalue weighted by Crippen LogP contribution is 2.36. The molecule has 0 unspecified atom stereocenters. The molecular weight excluding hydrogens is 558 g/mol. The fraction of sp³-hybridized carbons (Fsp3) is 0.150. The molecule has 0 amide bonds. The minimum atomic E-state index is -0.527. The van der Waals surface area contributed by atoms with Crippen molar-refractivity contribution in [3.05, 3.63) is 66.6 Å². The van der Waals surface area contributed by atoms with Crippen LogP contribution < -0.4 is 4.74 Å². The third-order valence-corrected chi connectivity index (χ3v) is 5.36. The van der Waals surface area contributed by atoms with Gasteiger partial charge in [-0.1, -0.05) is 28.9 Å². The van der Waals surface area contributed by atoms with Crippen LogP contribution in [0.4, 0.5) is 0 Å². The molecule has 1 aliphatic heterocycles. The maximum Gasteiger partial charge on any atom is 0.363 e. The molecule has 0 spiro atoms. The van der Waals surface area contributed by atoms with E-state index in [1.807, 2.05) is 31.2 Å². The molecule has 0 radical (unpaired) electrons. The smallest absolute Gasteiger partial charge is 0.363 e. The minimum absolute atomic E-state index is 0.185. The lowest BCUT2D eigenvalue weighted by Gasteiger charge is -2.09. The van der Waals surface area contributed by atoms with Gasteiger partial charge in [0.05, 0.1) is 8.95 Å². The zero-order valence-electron chi connectivity index (χ0n) is 14.7. The van der Waals surface area contributed by atoms with Gasteiger partial charge in [-0.15, -0.1) is 0 Å². The summed E-state index contributed by atoms with van der Waals surface area (Å²) in [6.45, 7) is 1.91. The first kappa shape index (κ1) is 21.0. The highest BCUT2D eigenvalue weighted by Gasteiger charge is 2.24. The van der Waals surface area contributed by atoms with Gasteiger partial charge < -0.3 is 9.47 Å². The number of halogens is 3. The number of carbonyl (C=O) groups excluding carboxylic acids is 2. The highest BCUT2D eigenvalue weighted by molar-refractivity contribution is 9.11. The van der Waals surface area contributed by atoms with Gasteiger partial charge in [-0.05, 0) is 80.3 Å². The Bertz CT molecular complexity index is 991. The Labute approximate surface area is 187 Å². The van der Waals surface area contributed by atoms with Crippen molar-refractivity contribution >= 4 is 71.7 Å². The standard InChI is InChI=1S/C20H14Br3NO4/c1-2-4-17(25)27-18-14(22)7-11(8-15(18)23)9-16-20(26)28-19(24-16)12-5-3-6-13(21)10-12/h3,5-10H,2,4H2,1H3/b16-9-. The molecule has 28 heavy (non-hydrogen) atoms. The van der Waals surface area contributed by atoms with Crippen molar-refractivity contribution in [2.45, 2.75) is 19.8 Å². The average Bonchev–Trinajstić information content (AvgIpc) is 2.99. The van der Waals surface area contributed by atoms with Crippen LogP contribution in [-0.4, -0.2) is 17.8 Å². The number of benzene rings is 2. The van der Waals surface area contributed by atoms with Gasteiger partial charge in [0.15, 0.2) is 11.4 Å². The van der Waals surface area contributed by atoms with Crippen LogP contribution in [0, 0.1) is 0 Å². The lowest BCUT2D eigenvalue weighted by molar-refractivity contribution is -0.134. The summed E-state index contributed by atoms with van der Waals surface area (Å²) in [7, 11) is 0. The summed E-state index contributed by atoms with van der Waals surface area (Å²) in [6.07, 6.45) is 2.66. The van der Waals surface area contributed by atoms with Crippen LogP contribution in [-0.2, 0) is 14.3 Å². The van der Waals surface area contributed by atoms with E-state index in [4.69, 9.17) is 9.47 Å². The van der Waals surface area contributed by atoms with E-state index in [1.165, 1.54) is 0 Å². The molecule has 5 nitrogen and oxygen atoms in total. The highest BCUT2D eigenvalue weighted by atomic mass is 79.9. The monoisotopic (exact) mass is 569 g/mol. The van der Waals surface area contributed by atoms with Crippen molar-refractivity contribution < 1.29 is 19.1 Å². The minimum Gasteiger partial charge on any atom is -0.424 e. The fourth-order valence-electron chi connectivity index (χ4n) is 2.44. The Morgan fingerprint density at radius 2 is 1.89 bits per heavy atom. The van der Waals surface area contributed by atoms with Crippen LogP contribution in [0.2, 0.25) is 0 Å². The Hall–Kier alpha value is -1.77. The summed E-state index contributed by atoms with van der Waals surface area (Å²) >= 11 is 10.2. The van der Waals surface area contributed by atoms with E-state index < -0.39 is 5.97 Å². The van der Waals surface area contributed by atoms with E-state index in [0.717, 1.165) is 4.47 Å². The topological polar surface area (TPSA) is 65.0 Å². The number of esters is 2. The predicted octanol–water partition coefficient (Wildman–Crippen LogP) is 6.02. The number of cyclic esters (lactones) is 1. The molecule has 0 saturated heterocycles. The van der Waals surface area contributed by atoms with Crippen LogP contribution >= 0.6 is 47.8 Å². The molecule has 1 aliphatic rings. The number of hydrogen-bond acceptors (Lipinski definition) is 5. The Balaban J connectivity index is 1.88. The van der Waals surface area contributed by atoms with Gasteiger partial charge in [-0.3, -0.25) is 4.79 Å². The van der Waals surface area contributed by atoms with Crippen LogP contribution in [0.15, 0.2) is 60.5 Å². The normalized spacial score (nSPS) is 14.8. The van der Waals surface area contributed by atoms with Crippen molar-refractivity contribution in [1.82, 2.24) is 0 Å². The largest absolute Gasteiger partial charge is 0.424 e. The second kappa shape index (κ2) is 9.15. The summed E-state index contributed by atoms with van der Waals surface area (Å²) in [6, 6.07) is 10.8. The van der Waals surface area contributed by atoms with E-state index in [1.54, 1.807) is 18.2 Å². The molecule has 144 valence electrons. The molecule has 3 rings (SSSR count). The van der Waals surface area contributed by atoms with Crippen molar-refractivity contribution in [3.8, 4) is 5.75 Å². The molecule has 0 saturated carbocycles. The van der Waals surface area contributed by atoms with Crippen molar-refractivity contribution in [2.75, 3.05) is 0 Å². The molecule has 0 N–H and O–H groups in total. The number of carbonyl (C=O) groups is 2. The van der Waals surface area contributed by atoms with Gasteiger partial charge in [0.25, 0.3) is 0 Å². The molecule has 2 aromatic rings. The van der Waals surface area contributed by atoms with Gasteiger partial charge >= 0.3 is 11.9 Å². The van der Waals surface area contributed by atoms with Gasteiger partial charge in [0, 0.05) is 16.5 Å². The number of nitrogens with zero attached hydrogens (tertiary/aromatic N) is 1. The van der Waals surface area contributed by atoms with Crippen molar-refractivity contribution in [2.24, 2.45) is 4.99 Å². The van der Waals surface area contributed by atoms with E-state index in [-0.39, 0.29) is 17.6 Å². The van der Waals surface area contributed by atoms with Gasteiger partial charge in [-0.2, -0.15) is 0 Å². The van der Waals surface area contributed by atoms with E-state index in [0.29, 0.717) is 38.7 Å². The molecule has 2 aromatic carbocycles. The maximum atomic E-state index is 12.2. The van der Waals surface area contributed by atoms with E-state index >= 15 is 0 Å². The molecule has 8 heteroatoms. The molecule has 0 bridgehead atoms. The van der Waals surface area contributed by atoms with E-state index in [2.05, 4.69) is 52.8 Å². The van der Waals surface area contributed by atoms with Gasteiger partial charge in [0.2, 0.25) is 5.90 Å². The number of ether oxygens (including phenoxy) is 2. The lowest BCUT2D eigenvalue weighted by Crippen LogP contribution is -2.08. The van der Waals surface area contributed by atoms with Crippen LogP contribution in [0.1, 0.15) is 30.9 Å². The van der Waals surface area contributed by atoms with Gasteiger partial charge in [0.1, 0.15) is 0 Å². The summed E-state index contributed by atoms with van der Waals surface area (Å²) in [5.41, 5.74) is 1.58. The summed E-state index contributed by atoms with van der Waals surface area (Å²) < 4.78 is 12.7. The summed E-state index contributed by atoms with van der Waals surface area (Å²) in [5, 5.41) is 0. The summed E-state index contributed by atoms with van der Waals surface area (Å²) in [5.74, 6) is -0.188. The SMILES string of the molecule is CCCC(=O)Oc1c(Br)cc(/C=C2\N=C(c3cccc(Br)c3)OC2=O)cc1Br. The third-order valence-electron chi connectivity index (χ3n) is 3.69. The molecule has 0 aromatic heterocycles. The molecule has 0 aliphatic carbocycles. The summed E-state index contributed by atoms with van der Waals surface area (Å²) in [4.78, 5) is 28.3. The zero-order chi connectivity index (χ0) is 20.3. The molecule has 0 atom stereocenters.